The number of aliphatic hydroxyl groups excluding tert-OH is 1. The molecule has 3 aromatic heterocycles. The fourth-order valence-electron chi connectivity index (χ4n) is 4.12. The molecule has 0 radical (unpaired) electrons. The fraction of sp³-hybridized carbons (Fsp3) is 0.292. The van der Waals surface area contributed by atoms with E-state index in [1.54, 1.807) is 41.6 Å². The number of pyridine rings is 1. The average Bonchev–Trinajstić information content (AvgIpc) is 3.54. The van der Waals surface area contributed by atoms with E-state index in [-0.39, 0.29) is 11.8 Å². The van der Waals surface area contributed by atoms with Gasteiger partial charge in [0.05, 0.1) is 26.8 Å². The third kappa shape index (κ3) is 3.96. The molecule has 4 aromatic rings. The van der Waals surface area contributed by atoms with Crippen LogP contribution in [0.4, 0.5) is 0 Å². The number of ether oxygens (including phenoxy) is 1. The maximum Gasteiger partial charge on any atom is 0.264 e. The summed E-state index contributed by atoms with van der Waals surface area (Å²) >= 11 is 2.95. The zero-order valence-corrected chi connectivity index (χ0v) is 19.9. The third-order valence-corrected chi connectivity index (χ3v) is 8.20. The summed E-state index contributed by atoms with van der Waals surface area (Å²) in [6.07, 6.45) is 2.60. The highest BCUT2D eigenvalue weighted by molar-refractivity contribution is 7.21. The van der Waals surface area contributed by atoms with E-state index in [4.69, 9.17) is 4.74 Å². The minimum atomic E-state index is -0.454. The molecule has 1 atom stereocenters. The normalized spacial score (nSPS) is 16.0. The summed E-state index contributed by atoms with van der Waals surface area (Å²) in [5.74, 6) is 1.12. The van der Waals surface area contributed by atoms with Crippen molar-refractivity contribution in [1.82, 2.24) is 15.2 Å². The van der Waals surface area contributed by atoms with E-state index in [1.807, 2.05) is 25.1 Å². The molecule has 2 N–H and O–H groups in total. The van der Waals surface area contributed by atoms with Gasteiger partial charge in [-0.1, -0.05) is 6.92 Å². The molecule has 1 aliphatic rings. The van der Waals surface area contributed by atoms with Gasteiger partial charge in [0.25, 0.3) is 11.8 Å². The van der Waals surface area contributed by atoms with Crippen LogP contribution in [-0.4, -0.2) is 53.0 Å². The number of rotatable bonds is 5. The number of nitrogens with zero attached hydrogens (tertiary/aromatic N) is 2. The van der Waals surface area contributed by atoms with Crippen LogP contribution in [0.2, 0.25) is 0 Å². The summed E-state index contributed by atoms with van der Waals surface area (Å²) in [6.45, 7) is 2.97. The molecule has 0 unspecified atom stereocenters. The number of carbonyl (C=O) groups excluding carboxylic acids is 2. The number of carbonyl (C=O) groups is 2. The number of fused-ring (bicyclic) bond motifs is 2. The molecule has 0 spiro atoms. The smallest absolute Gasteiger partial charge is 0.264 e. The first-order valence-corrected chi connectivity index (χ1v) is 12.4. The summed E-state index contributed by atoms with van der Waals surface area (Å²) in [5, 5.41) is 13.4. The van der Waals surface area contributed by atoms with Crippen molar-refractivity contribution in [1.29, 1.82) is 0 Å². The van der Waals surface area contributed by atoms with Gasteiger partial charge in [-0.2, -0.15) is 0 Å². The van der Waals surface area contributed by atoms with E-state index >= 15 is 0 Å². The Labute approximate surface area is 198 Å². The van der Waals surface area contributed by atoms with Gasteiger partial charge in [-0.05, 0) is 37.1 Å². The van der Waals surface area contributed by atoms with Gasteiger partial charge in [0.1, 0.15) is 11.5 Å². The average molecular weight is 482 g/mol. The number of hydrogen-bond donors (Lipinski definition) is 2. The Morgan fingerprint density at radius 2 is 2.12 bits per heavy atom. The molecule has 170 valence electrons. The van der Waals surface area contributed by atoms with Crippen LogP contribution in [0.5, 0.6) is 11.5 Å². The number of hydrogen-bond acceptors (Lipinski definition) is 7. The lowest BCUT2D eigenvalue weighted by Crippen LogP contribution is -2.28. The minimum absolute atomic E-state index is 0.0797. The zero-order chi connectivity index (χ0) is 23.1. The number of thiophene rings is 2. The molecular formula is C24H23N3O4S2. The lowest BCUT2D eigenvalue weighted by molar-refractivity contribution is 0.0769. The summed E-state index contributed by atoms with van der Waals surface area (Å²) in [4.78, 5) is 32.9. The molecule has 0 aliphatic carbocycles. The Morgan fingerprint density at radius 1 is 1.27 bits per heavy atom. The Kier molecular flexibility index (Phi) is 5.77. The van der Waals surface area contributed by atoms with Crippen LogP contribution in [0.25, 0.3) is 20.3 Å². The highest BCUT2D eigenvalue weighted by Gasteiger charge is 2.27. The molecule has 1 aliphatic heterocycles. The van der Waals surface area contributed by atoms with E-state index in [9.17, 15) is 14.7 Å². The van der Waals surface area contributed by atoms with E-state index in [0.29, 0.717) is 41.4 Å². The molecule has 0 saturated carbocycles. The van der Waals surface area contributed by atoms with Crippen molar-refractivity contribution in [2.24, 2.45) is 0 Å². The van der Waals surface area contributed by atoms with Crippen LogP contribution in [0.3, 0.4) is 0 Å². The molecule has 0 bridgehead atoms. The monoisotopic (exact) mass is 481 g/mol. The molecular weight excluding hydrogens is 458 g/mol. The van der Waals surface area contributed by atoms with Gasteiger partial charge in [-0.15, -0.1) is 22.7 Å². The van der Waals surface area contributed by atoms with E-state index < -0.39 is 6.10 Å². The maximum absolute atomic E-state index is 12.8. The predicted octanol–water partition coefficient (Wildman–Crippen LogP) is 4.43. The van der Waals surface area contributed by atoms with Crippen molar-refractivity contribution in [3.8, 4) is 11.5 Å². The number of aliphatic hydroxyl groups is 1. The van der Waals surface area contributed by atoms with Gasteiger partial charge in [0.15, 0.2) is 0 Å². The summed E-state index contributed by atoms with van der Waals surface area (Å²) in [5.41, 5.74) is 1.43. The van der Waals surface area contributed by atoms with Gasteiger partial charge in [0.2, 0.25) is 0 Å². The van der Waals surface area contributed by atoms with Crippen LogP contribution in [-0.2, 0) is 6.42 Å². The first kappa shape index (κ1) is 21.8. The van der Waals surface area contributed by atoms with Crippen LogP contribution in [0, 0.1) is 0 Å². The van der Waals surface area contributed by atoms with Gasteiger partial charge < -0.3 is 20.1 Å². The van der Waals surface area contributed by atoms with E-state index in [0.717, 1.165) is 31.6 Å². The SMILES string of the molecule is CCc1sc2cc(Oc3ccnc4cc(C(=O)N5CC[C@H](O)C5)sc34)ccc2c1C(=O)NC. The van der Waals surface area contributed by atoms with E-state index in [2.05, 4.69) is 10.3 Å². The fourth-order valence-corrected chi connectivity index (χ4v) is 6.33. The number of β-amino-alcohol motifs (C(OH)–C–C–N with tert-alkyl or cyclic N) is 1. The van der Waals surface area contributed by atoms with Gasteiger partial charge >= 0.3 is 0 Å². The second kappa shape index (κ2) is 8.74. The number of amides is 2. The van der Waals surface area contributed by atoms with Gasteiger partial charge in [0, 0.05) is 47.4 Å². The van der Waals surface area contributed by atoms with Crippen LogP contribution < -0.4 is 10.1 Å². The lowest BCUT2D eigenvalue weighted by Gasteiger charge is -2.13. The summed E-state index contributed by atoms with van der Waals surface area (Å²) in [6, 6.07) is 9.30. The maximum atomic E-state index is 12.8. The number of likely N-dealkylation sites (tertiary alicyclic amines) is 1. The zero-order valence-electron chi connectivity index (χ0n) is 18.3. The first-order chi connectivity index (χ1) is 16.0. The van der Waals surface area contributed by atoms with E-state index in [1.165, 1.54) is 11.3 Å². The molecule has 1 saturated heterocycles. The van der Waals surface area contributed by atoms with Crippen molar-refractivity contribution < 1.29 is 19.4 Å². The Hall–Kier alpha value is -3.01. The van der Waals surface area contributed by atoms with Gasteiger partial charge in [-0.3, -0.25) is 14.6 Å². The quantitative estimate of drug-likeness (QED) is 0.440. The predicted molar refractivity (Wildman–Crippen MR) is 131 cm³/mol. The molecule has 1 aromatic carbocycles. The lowest BCUT2D eigenvalue weighted by atomic mass is 10.1. The number of nitrogens with one attached hydrogen (secondary N) is 1. The highest BCUT2D eigenvalue weighted by atomic mass is 32.1. The third-order valence-electron chi connectivity index (χ3n) is 5.77. The topological polar surface area (TPSA) is 91.8 Å². The molecule has 9 heteroatoms. The summed E-state index contributed by atoms with van der Waals surface area (Å²) in [7, 11) is 1.64. The largest absolute Gasteiger partial charge is 0.456 e. The molecule has 1 fully saturated rings. The Bertz CT molecular complexity index is 1380. The summed E-state index contributed by atoms with van der Waals surface area (Å²) < 4.78 is 8.00. The standard InChI is InChI=1S/C24H23N3O4S2/c1-3-18-21(23(29)25-2)15-5-4-14(10-19(15)32-18)31-17-6-8-26-16-11-20(33-22(16)17)24(30)27-9-7-13(28)12-27/h4-6,8,10-11,13,28H,3,7,9,12H2,1-2H3,(H,25,29)/t13-/m0/s1. The Balaban J connectivity index is 1.47. The van der Waals surface area contributed by atoms with Crippen molar-refractivity contribution in [2.45, 2.75) is 25.9 Å². The van der Waals surface area contributed by atoms with Crippen molar-refractivity contribution in [3.05, 3.63) is 51.8 Å². The van der Waals surface area contributed by atoms with Crippen LogP contribution in [0.1, 0.15) is 38.3 Å². The molecule has 5 rings (SSSR count). The molecule has 7 nitrogen and oxygen atoms in total. The first-order valence-electron chi connectivity index (χ1n) is 10.8. The highest BCUT2D eigenvalue weighted by Crippen LogP contribution is 2.38. The number of aryl methyl sites for hydroxylation is 1. The second-order valence-electron chi connectivity index (χ2n) is 7.92. The minimum Gasteiger partial charge on any atom is -0.456 e. The molecule has 4 heterocycles. The van der Waals surface area contributed by atoms with Crippen LogP contribution >= 0.6 is 22.7 Å². The molecule has 2 amide bonds. The van der Waals surface area contributed by atoms with Crippen molar-refractivity contribution >= 4 is 54.8 Å². The number of aromatic nitrogens is 1. The van der Waals surface area contributed by atoms with Crippen molar-refractivity contribution in [2.75, 3.05) is 20.1 Å². The molecule has 33 heavy (non-hydrogen) atoms. The Morgan fingerprint density at radius 3 is 2.85 bits per heavy atom. The van der Waals surface area contributed by atoms with Crippen LogP contribution in [0.15, 0.2) is 36.5 Å². The van der Waals surface area contributed by atoms with Crippen molar-refractivity contribution in [3.63, 3.8) is 0 Å². The second-order valence-corrected chi connectivity index (χ2v) is 10.1. The van der Waals surface area contributed by atoms with Gasteiger partial charge in [-0.25, -0.2) is 0 Å². The number of benzene rings is 1.